The lowest BCUT2D eigenvalue weighted by atomic mass is 10.1. The fourth-order valence-electron chi connectivity index (χ4n) is 2.99. The number of carbonyl (C=O) groups is 2. The van der Waals surface area contributed by atoms with E-state index in [0.717, 1.165) is 4.47 Å². The number of nitrogens with one attached hydrogen (secondary N) is 2. The number of ether oxygens (including phenoxy) is 2. The molecule has 2 N–H and O–H groups in total. The molecule has 0 fully saturated rings. The van der Waals surface area contributed by atoms with Gasteiger partial charge in [-0.15, -0.1) is 0 Å². The van der Waals surface area contributed by atoms with Crippen LogP contribution in [-0.4, -0.2) is 18.6 Å². The summed E-state index contributed by atoms with van der Waals surface area (Å²) >= 11 is 3.33. The molecule has 8 heteroatoms. The van der Waals surface area contributed by atoms with E-state index in [1.165, 1.54) is 12.1 Å². The minimum Gasteiger partial charge on any atom is -0.454 e. The van der Waals surface area contributed by atoms with E-state index in [4.69, 9.17) is 9.47 Å². The third kappa shape index (κ3) is 4.97. The number of amides is 2. The highest BCUT2D eigenvalue weighted by Crippen LogP contribution is 2.33. The summed E-state index contributed by atoms with van der Waals surface area (Å²) in [5.41, 5.74) is 1.71. The van der Waals surface area contributed by atoms with Gasteiger partial charge >= 0.3 is 0 Å². The van der Waals surface area contributed by atoms with Gasteiger partial charge in [-0.1, -0.05) is 28.1 Å². The summed E-state index contributed by atoms with van der Waals surface area (Å²) in [6.45, 7) is 1.75. The van der Waals surface area contributed by atoms with Crippen LogP contribution in [0.25, 0.3) is 6.08 Å². The predicted molar refractivity (Wildman–Crippen MR) is 122 cm³/mol. The molecule has 0 spiro atoms. The van der Waals surface area contributed by atoms with Crippen LogP contribution >= 0.6 is 15.9 Å². The average molecular weight is 497 g/mol. The van der Waals surface area contributed by atoms with Crippen LogP contribution in [0.5, 0.6) is 11.5 Å². The molecule has 0 unspecified atom stereocenters. The number of hydrogen-bond donors (Lipinski definition) is 2. The first kappa shape index (κ1) is 21.6. The molecule has 0 aromatic heterocycles. The van der Waals surface area contributed by atoms with Crippen molar-refractivity contribution in [2.24, 2.45) is 0 Å². The molecule has 3 aromatic carbocycles. The van der Waals surface area contributed by atoms with E-state index in [0.29, 0.717) is 28.2 Å². The minimum atomic E-state index is -0.601. The third-order valence-electron chi connectivity index (χ3n) is 4.74. The molecule has 0 atom stereocenters. The van der Waals surface area contributed by atoms with Crippen LogP contribution in [-0.2, 0) is 4.79 Å². The lowest BCUT2D eigenvalue weighted by molar-refractivity contribution is -0.113. The van der Waals surface area contributed by atoms with Crippen LogP contribution in [0.4, 0.5) is 10.1 Å². The van der Waals surface area contributed by atoms with Crippen molar-refractivity contribution in [3.8, 4) is 11.5 Å². The molecule has 0 radical (unpaired) electrons. The summed E-state index contributed by atoms with van der Waals surface area (Å²) in [6, 6.07) is 16.2. The van der Waals surface area contributed by atoms with Gasteiger partial charge in [-0.3, -0.25) is 9.59 Å². The maximum atomic E-state index is 13.9. The molecule has 1 heterocycles. The average Bonchev–Trinajstić information content (AvgIpc) is 3.24. The van der Waals surface area contributed by atoms with Crippen molar-refractivity contribution >= 4 is 39.5 Å². The molecule has 32 heavy (non-hydrogen) atoms. The third-order valence-corrected chi connectivity index (χ3v) is 5.27. The first-order valence-electron chi connectivity index (χ1n) is 9.65. The van der Waals surface area contributed by atoms with Gasteiger partial charge in [-0.2, -0.15) is 0 Å². The van der Waals surface area contributed by atoms with Crippen LogP contribution in [0.2, 0.25) is 0 Å². The zero-order valence-electron chi connectivity index (χ0n) is 16.9. The van der Waals surface area contributed by atoms with E-state index in [1.54, 1.807) is 61.5 Å². The highest BCUT2D eigenvalue weighted by Gasteiger charge is 2.17. The maximum Gasteiger partial charge on any atom is 0.272 e. The van der Waals surface area contributed by atoms with Gasteiger partial charge in [0.15, 0.2) is 11.5 Å². The van der Waals surface area contributed by atoms with Crippen molar-refractivity contribution in [2.75, 3.05) is 12.1 Å². The smallest absolute Gasteiger partial charge is 0.272 e. The Labute approximate surface area is 192 Å². The van der Waals surface area contributed by atoms with E-state index < -0.39 is 17.6 Å². The number of halogens is 2. The standard InChI is InChI=1S/C24H18BrFN2O4/c1-14-2-8-18(12-19(14)26)27-24(30)20(28-23(29)16-4-6-17(25)7-5-16)10-15-3-9-21-22(11-15)32-13-31-21/h2-12H,13H2,1H3,(H,27,30)(H,28,29)/b20-10-. The fourth-order valence-corrected chi connectivity index (χ4v) is 3.26. The highest BCUT2D eigenvalue weighted by molar-refractivity contribution is 9.10. The van der Waals surface area contributed by atoms with Crippen LogP contribution in [0.3, 0.4) is 0 Å². The summed E-state index contributed by atoms with van der Waals surface area (Å²) < 4.78 is 25.4. The van der Waals surface area contributed by atoms with Crippen molar-refractivity contribution in [3.05, 3.63) is 93.3 Å². The van der Waals surface area contributed by atoms with Gasteiger partial charge < -0.3 is 20.1 Å². The second-order valence-corrected chi connectivity index (χ2v) is 7.97. The molecule has 1 aliphatic rings. The molecule has 162 valence electrons. The van der Waals surface area contributed by atoms with Crippen molar-refractivity contribution in [2.45, 2.75) is 6.92 Å². The van der Waals surface area contributed by atoms with E-state index >= 15 is 0 Å². The topological polar surface area (TPSA) is 76.7 Å². The number of fused-ring (bicyclic) bond motifs is 1. The van der Waals surface area contributed by atoms with Gasteiger partial charge in [-0.25, -0.2) is 4.39 Å². The predicted octanol–water partition coefficient (Wildman–Crippen LogP) is 5.03. The minimum absolute atomic E-state index is 0.0160. The number of carbonyl (C=O) groups excluding carboxylic acids is 2. The van der Waals surface area contributed by atoms with Crippen molar-refractivity contribution in [3.63, 3.8) is 0 Å². The quantitative estimate of drug-likeness (QED) is 0.485. The summed E-state index contributed by atoms with van der Waals surface area (Å²) in [7, 11) is 0. The van der Waals surface area contributed by atoms with E-state index in [1.807, 2.05) is 0 Å². The molecule has 6 nitrogen and oxygen atoms in total. The summed E-state index contributed by atoms with van der Waals surface area (Å²) in [6.07, 6.45) is 1.51. The molecule has 0 bridgehead atoms. The zero-order valence-corrected chi connectivity index (χ0v) is 18.5. The lowest BCUT2D eigenvalue weighted by Crippen LogP contribution is -2.30. The summed E-state index contributed by atoms with van der Waals surface area (Å²) in [5, 5.41) is 5.27. The molecule has 1 aliphatic heterocycles. The first-order chi connectivity index (χ1) is 15.4. The highest BCUT2D eigenvalue weighted by atomic mass is 79.9. The van der Waals surface area contributed by atoms with Crippen LogP contribution in [0.1, 0.15) is 21.5 Å². The second kappa shape index (κ2) is 9.23. The normalized spacial score (nSPS) is 12.4. The number of aryl methyl sites for hydroxylation is 1. The van der Waals surface area contributed by atoms with Crippen molar-refractivity contribution < 1.29 is 23.5 Å². The van der Waals surface area contributed by atoms with E-state index in [2.05, 4.69) is 26.6 Å². The van der Waals surface area contributed by atoms with Gasteiger partial charge in [0, 0.05) is 15.7 Å². The summed E-state index contributed by atoms with van der Waals surface area (Å²) in [5.74, 6) is -0.366. The molecule has 3 aromatic rings. The molecule has 0 saturated heterocycles. The fraction of sp³-hybridized carbons (Fsp3) is 0.0833. The van der Waals surface area contributed by atoms with Gasteiger partial charge in [0.05, 0.1) is 0 Å². The maximum absolute atomic E-state index is 13.9. The molecule has 4 rings (SSSR count). The molecule has 2 amide bonds. The monoisotopic (exact) mass is 496 g/mol. The van der Waals surface area contributed by atoms with Crippen molar-refractivity contribution in [1.82, 2.24) is 5.32 Å². The number of benzene rings is 3. The molecular weight excluding hydrogens is 479 g/mol. The number of hydrogen-bond acceptors (Lipinski definition) is 4. The van der Waals surface area contributed by atoms with Crippen LogP contribution in [0, 0.1) is 12.7 Å². The van der Waals surface area contributed by atoms with Gasteiger partial charge in [-0.05, 0) is 72.7 Å². The van der Waals surface area contributed by atoms with E-state index in [9.17, 15) is 14.0 Å². The zero-order chi connectivity index (χ0) is 22.7. The largest absolute Gasteiger partial charge is 0.454 e. The van der Waals surface area contributed by atoms with Gasteiger partial charge in [0.1, 0.15) is 11.5 Å². The Balaban J connectivity index is 1.63. The van der Waals surface area contributed by atoms with Gasteiger partial charge in [0.25, 0.3) is 11.8 Å². The number of anilines is 1. The Kier molecular flexibility index (Phi) is 6.23. The number of rotatable bonds is 5. The van der Waals surface area contributed by atoms with Crippen molar-refractivity contribution in [1.29, 1.82) is 0 Å². The Morgan fingerprint density at radius 1 is 1.00 bits per heavy atom. The Bertz CT molecular complexity index is 1230. The SMILES string of the molecule is Cc1ccc(NC(=O)/C(=C/c2ccc3c(c2)OCO3)NC(=O)c2ccc(Br)cc2)cc1F. The molecular formula is C24H18BrFN2O4. The van der Waals surface area contributed by atoms with Gasteiger partial charge in [0.2, 0.25) is 6.79 Å². The Morgan fingerprint density at radius 2 is 1.75 bits per heavy atom. The molecule has 0 aliphatic carbocycles. The van der Waals surface area contributed by atoms with E-state index in [-0.39, 0.29) is 18.2 Å². The second-order valence-electron chi connectivity index (χ2n) is 7.05. The lowest BCUT2D eigenvalue weighted by Gasteiger charge is -2.12. The molecule has 0 saturated carbocycles. The summed E-state index contributed by atoms with van der Waals surface area (Å²) in [4.78, 5) is 25.7. The van der Waals surface area contributed by atoms with Crippen LogP contribution < -0.4 is 20.1 Å². The van der Waals surface area contributed by atoms with Crippen LogP contribution in [0.15, 0.2) is 70.8 Å². The Hall–Kier alpha value is -3.65. The Morgan fingerprint density at radius 3 is 2.50 bits per heavy atom. The first-order valence-corrected chi connectivity index (χ1v) is 10.4.